The van der Waals surface area contributed by atoms with Crippen LogP contribution in [0.2, 0.25) is 0 Å². The zero-order valence-electron chi connectivity index (χ0n) is 15.6. The summed E-state index contributed by atoms with van der Waals surface area (Å²) in [5.74, 6) is 0.264. The Morgan fingerprint density at radius 3 is 2.22 bits per heavy atom. The van der Waals surface area contributed by atoms with Gasteiger partial charge in [-0.25, -0.2) is 4.79 Å². The van der Waals surface area contributed by atoms with Crippen molar-refractivity contribution in [3.05, 3.63) is 77.9 Å². The number of rotatable bonds is 6. The number of carbonyl (C=O) groups excluding carboxylic acids is 2. The normalized spacial score (nSPS) is 10.6. The van der Waals surface area contributed by atoms with Crippen LogP contribution in [0.4, 0.5) is 4.79 Å². The zero-order valence-corrected chi connectivity index (χ0v) is 15.6. The van der Waals surface area contributed by atoms with E-state index in [1.807, 2.05) is 74.5 Å². The maximum absolute atomic E-state index is 13.0. The van der Waals surface area contributed by atoms with Crippen LogP contribution in [0.3, 0.4) is 0 Å². The summed E-state index contributed by atoms with van der Waals surface area (Å²) in [6, 6.07) is 20.8. The second-order valence-electron chi connectivity index (χ2n) is 6.29. The van der Waals surface area contributed by atoms with E-state index in [1.165, 1.54) is 0 Å². The van der Waals surface area contributed by atoms with E-state index < -0.39 is 6.09 Å². The lowest BCUT2D eigenvalue weighted by molar-refractivity contribution is 0.0989. The summed E-state index contributed by atoms with van der Waals surface area (Å²) in [4.78, 5) is 27.1. The fourth-order valence-corrected chi connectivity index (χ4v) is 3.08. The average molecular weight is 361 g/mol. The number of benzene rings is 3. The Hall–Kier alpha value is -3.14. The van der Waals surface area contributed by atoms with Crippen molar-refractivity contribution in [1.29, 1.82) is 0 Å². The molecule has 0 radical (unpaired) electrons. The minimum Gasteiger partial charge on any atom is -0.409 e. The van der Waals surface area contributed by atoms with Crippen molar-refractivity contribution in [3.63, 3.8) is 0 Å². The van der Waals surface area contributed by atoms with Crippen LogP contribution in [0.5, 0.6) is 5.75 Å². The van der Waals surface area contributed by atoms with E-state index in [4.69, 9.17) is 4.74 Å². The lowest BCUT2D eigenvalue weighted by Crippen LogP contribution is -2.33. The van der Waals surface area contributed by atoms with Crippen LogP contribution in [0.15, 0.2) is 66.7 Å². The number of carbonyl (C=O) groups is 2. The maximum atomic E-state index is 13.0. The van der Waals surface area contributed by atoms with Gasteiger partial charge in [-0.05, 0) is 30.9 Å². The van der Waals surface area contributed by atoms with Gasteiger partial charge in [0, 0.05) is 24.9 Å². The van der Waals surface area contributed by atoms with Gasteiger partial charge in [-0.1, -0.05) is 60.7 Å². The number of Topliss-reactive ketones (excluding diaryl/α,β-unsaturated/α-hetero) is 1. The highest BCUT2D eigenvalue weighted by Gasteiger charge is 2.21. The minimum atomic E-state index is -0.440. The van der Waals surface area contributed by atoms with E-state index in [0.29, 0.717) is 24.4 Å². The molecule has 0 aliphatic carbocycles. The Labute approximate surface area is 159 Å². The second-order valence-corrected chi connectivity index (χ2v) is 6.29. The van der Waals surface area contributed by atoms with Crippen molar-refractivity contribution in [2.24, 2.45) is 0 Å². The Balaban J connectivity index is 2.01. The predicted molar refractivity (Wildman–Crippen MR) is 107 cm³/mol. The number of amides is 1. The summed E-state index contributed by atoms with van der Waals surface area (Å²) in [6.07, 6.45) is -0.181. The third-order valence-electron chi connectivity index (χ3n) is 4.60. The lowest BCUT2D eigenvalue weighted by Gasteiger charge is -2.20. The number of ketones is 1. The highest BCUT2D eigenvalue weighted by atomic mass is 16.6. The van der Waals surface area contributed by atoms with Crippen molar-refractivity contribution in [2.75, 3.05) is 13.1 Å². The molecule has 3 rings (SSSR count). The number of hydrogen-bond acceptors (Lipinski definition) is 3. The van der Waals surface area contributed by atoms with Gasteiger partial charge in [0.2, 0.25) is 0 Å². The smallest absolute Gasteiger partial charge is 0.409 e. The third kappa shape index (κ3) is 4.17. The summed E-state index contributed by atoms with van der Waals surface area (Å²) >= 11 is 0. The lowest BCUT2D eigenvalue weighted by atomic mass is 9.98. The molecule has 0 unspecified atom stereocenters. The van der Waals surface area contributed by atoms with Gasteiger partial charge in [-0.15, -0.1) is 0 Å². The van der Waals surface area contributed by atoms with E-state index in [1.54, 1.807) is 11.0 Å². The van der Waals surface area contributed by atoms with E-state index in [-0.39, 0.29) is 12.2 Å². The molecule has 4 nitrogen and oxygen atoms in total. The number of ether oxygens (including phenoxy) is 1. The van der Waals surface area contributed by atoms with Crippen LogP contribution < -0.4 is 4.74 Å². The van der Waals surface area contributed by atoms with E-state index in [2.05, 4.69) is 0 Å². The molecule has 0 saturated heterocycles. The Bertz CT molecular complexity index is 946. The summed E-state index contributed by atoms with van der Waals surface area (Å²) in [6.45, 7) is 4.89. The number of hydrogen-bond donors (Lipinski definition) is 0. The highest BCUT2D eigenvalue weighted by molar-refractivity contribution is 6.06. The van der Waals surface area contributed by atoms with Crippen LogP contribution in [-0.2, 0) is 6.42 Å². The molecule has 138 valence electrons. The van der Waals surface area contributed by atoms with Gasteiger partial charge in [-0.3, -0.25) is 4.79 Å². The minimum absolute atomic E-state index is 0.0747. The van der Waals surface area contributed by atoms with E-state index in [9.17, 15) is 9.59 Å². The van der Waals surface area contributed by atoms with Crippen LogP contribution in [-0.4, -0.2) is 29.9 Å². The van der Waals surface area contributed by atoms with Crippen LogP contribution >= 0.6 is 0 Å². The molecule has 0 aliphatic rings. The van der Waals surface area contributed by atoms with Crippen molar-refractivity contribution in [3.8, 4) is 5.75 Å². The molecular weight excluding hydrogens is 338 g/mol. The van der Waals surface area contributed by atoms with Gasteiger partial charge in [0.1, 0.15) is 0 Å². The van der Waals surface area contributed by atoms with Crippen LogP contribution in [0.1, 0.15) is 29.8 Å². The molecule has 0 spiro atoms. The van der Waals surface area contributed by atoms with Crippen LogP contribution in [0.25, 0.3) is 10.8 Å². The monoisotopic (exact) mass is 361 g/mol. The quantitative estimate of drug-likeness (QED) is 0.574. The summed E-state index contributed by atoms with van der Waals surface area (Å²) in [7, 11) is 0. The van der Waals surface area contributed by atoms with Gasteiger partial charge in [0.25, 0.3) is 0 Å². The number of fused-ring (bicyclic) bond motifs is 1. The van der Waals surface area contributed by atoms with Crippen LogP contribution in [0, 0.1) is 0 Å². The van der Waals surface area contributed by atoms with Gasteiger partial charge < -0.3 is 9.64 Å². The first-order valence-electron chi connectivity index (χ1n) is 9.19. The van der Waals surface area contributed by atoms with Crippen molar-refractivity contribution < 1.29 is 14.3 Å². The molecule has 0 aliphatic heterocycles. The maximum Gasteiger partial charge on any atom is 0.415 e. The van der Waals surface area contributed by atoms with Gasteiger partial charge >= 0.3 is 6.09 Å². The molecule has 3 aromatic rings. The van der Waals surface area contributed by atoms with Gasteiger partial charge in [-0.2, -0.15) is 0 Å². The highest BCUT2D eigenvalue weighted by Crippen LogP contribution is 2.31. The molecule has 0 bridgehead atoms. The topological polar surface area (TPSA) is 46.6 Å². The average Bonchev–Trinajstić information content (AvgIpc) is 2.70. The van der Waals surface area contributed by atoms with Crippen molar-refractivity contribution in [1.82, 2.24) is 4.90 Å². The van der Waals surface area contributed by atoms with Gasteiger partial charge in [0.05, 0.1) is 5.56 Å². The molecule has 0 atom stereocenters. The molecule has 0 heterocycles. The summed E-state index contributed by atoms with van der Waals surface area (Å²) in [5.41, 5.74) is 1.36. The van der Waals surface area contributed by atoms with E-state index >= 15 is 0 Å². The second kappa shape index (κ2) is 8.49. The third-order valence-corrected chi connectivity index (χ3v) is 4.60. The zero-order chi connectivity index (χ0) is 19.2. The first-order chi connectivity index (χ1) is 13.1. The Morgan fingerprint density at radius 1 is 0.852 bits per heavy atom. The Morgan fingerprint density at radius 2 is 1.52 bits per heavy atom. The largest absolute Gasteiger partial charge is 0.415 e. The number of nitrogens with zero attached hydrogens (tertiary/aromatic N) is 1. The standard InChI is InChI=1S/C23H23NO3/c1-3-24(4-2)23(26)27-22-19-13-9-8-12-18(19)14-15-20(22)21(25)16-17-10-6-5-7-11-17/h5-15H,3-4,16H2,1-2H3. The first-order valence-corrected chi connectivity index (χ1v) is 9.19. The molecule has 4 heteroatoms. The molecule has 1 amide bonds. The summed E-state index contributed by atoms with van der Waals surface area (Å²) in [5, 5.41) is 1.69. The summed E-state index contributed by atoms with van der Waals surface area (Å²) < 4.78 is 5.73. The molecule has 0 N–H and O–H groups in total. The predicted octanol–water partition coefficient (Wildman–Crippen LogP) is 5.11. The fourth-order valence-electron chi connectivity index (χ4n) is 3.08. The molecule has 3 aromatic carbocycles. The molecular formula is C23H23NO3. The van der Waals surface area contributed by atoms with E-state index in [0.717, 1.165) is 16.3 Å². The van der Waals surface area contributed by atoms with Crippen molar-refractivity contribution in [2.45, 2.75) is 20.3 Å². The SMILES string of the molecule is CCN(CC)C(=O)Oc1c(C(=O)Cc2ccccc2)ccc2ccccc12. The molecule has 0 saturated carbocycles. The molecule has 0 aromatic heterocycles. The Kier molecular flexibility index (Phi) is 5.87. The van der Waals surface area contributed by atoms with Gasteiger partial charge in [0.15, 0.2) is 11.5 Å². The fraction of sp³-hybridized carbons (Fsp3) is 0.217. The first kappa shape index (κ1) is 18.6. The molecule has 27 heavy (non-hydrogen) atoms. The molecule has 0 fully saturated rings. The van der Waals surface area contributed by atoms with Crippen molar-refractivity contribution >= 4 is 22.6 Å².